The Hall–Kier alpha value is -2.74. The lowest BCUT2D eigenvalue weighted by Crippen LogP contribution is -2.21. The molecule has 3 aromatic heterocycles. The highest BCUT2D eigenvalue weighted by Gasteiger charge is 2.09. The van der Waals surface area contributed by atoms with Crippen LogP contribution in [0, 0.1) is 0 Å². The molecule has 0 amide bonds. The Morgan fingerprint density at radius 3 is 2.68 bits per heavy atom. The van der Waals surface area contributed by atoms with Crippen molar-refractivity contribution in [2.75, 3.05) is 0 Å². The van der Waals surface area contributed by atoms with Crippen molar-refractivity contribution in [1.82, 2.24) is 24.9 Å². The summed E-state index contributed by atoms with van der Waals surface area (Å²) in [6.45, 7) is 0.403. The van der Waals surface area contributed by atoms with Crippen LogP contribution in [0.2, 0.25) is 0 Å². The molecule has 96 valence electrons. The molecule has 0 aliphatic heterocycles. The van der Waals surface area contributed by atoms with Crippen LogP contribution in [0.25, 0.3) is 22.7 Å². The van der Waals surface area contributed by atoms with E-state index in [1.807, 2.05) is 6.07 Å². The van der Waals surface area contributed by atoms with E-state index in [0.29, 0.717) is 18.1 Å². The molecular formula is C11H10N6O2. The molecule has 0 aromatic carbocycles. The fraction of sp³-hybridized carbons (Fsp3) is 0.0909. The van der Waals surface area contributed by atoms with Gasteiger partial charge in [0.2, 0.25) is 0 Å². The van der Waals surface area contributed by atoms with Crippen LogP contribution in [0.15, 0.2) is 27.9 Å². The number of nitrogens with two attached hydrogens (primary N) is 1. The molecule has 0 radical (unpaired) electrons. The second-order valence-electron chi connectivity index (χ2n) is 3.97. The number of hydrogen-bond donors (Lipinski definition) is 4. The van der Waals surface area contributed by atoms with Crippen molar-refractivity contribution in [3.63, 3.8) is 0 Å². The number of aromatic amines is 3. The molecule has 0 atom stereocenters. The Balaban J connectivity index is 2.17. The monoisotopic (exact) mass is 258 g/mol. The van der Waals surface area contributed by atoms with Crippen LogP contribution in [0.3, 0.4) is 0 Å². The second kappa shape index (κ2) is 4.18. The summed E-state index contributed by atoms with van der Waals surface area (Å²) in [5.74, 6) is 0.408. The number of nitrogens with one attached hydrogen (secondary N) is 3. The minimum absolute atomic E-state index is 0.202. The molecule has 0 aliphatic rings. The van der Waals surface area contributed by atoms with E-state index in [1.54, 1.807) is 12.3 Å². The lowest BCUT2D eigenvalue weighted by Gasteiger charge is -1.97. The van der Waals surface area contributed by atoms with Crippen molar-refractivity contribution in [1.29, 1.82) is 0 Å². The average molecular weight is 258 g/mol. The number of fused-ring (bicyclic) bond motifs is 1. The van der Waals surface area contributed by atoms with Crippen LogP contribution in [0.5, 0.6) is 0 Å². The van der Waals surface area contributed by atoms with Crippen molar-refractivity contribution in [3.8, 4) is 11.5 Å². The Labute approximate surface area is 105 Å². The quantitative estimate of drug-likeness (QED) is 0.490. The van der Waals surface area contributed by atoms with Gasteiger partial charge >= 0.3 is 5.69 Å². The van der Waals surface area contributed by atoms with E-state index in [2.05, 4.69) is 24.9 Å². The van der Waals surface area contributed by atoms with Gasteiger partial charge in [-0.3, -0.25) is 19.7 Å². The molecule has 3 aromatic rings. The molecule has 3 heterocycles. The number of pyridine rings is 1. The summed E-state index contributed by atoms with van der Waals surface area (Å²) in [5.41, 5.74) is 6.24. The topological polar surface area (TPSA) is 133 Å². The largest absolute Gasteiger partial charge is 0.331 e. The highest BCUT2D eigenvalue weighted by atomic mass is 16.2. The first-order valence-corrected chi connectivity index (χ1v) is 5.55. The fourth-order valence-electron chi connectivity index (χ4n) is 1.74. The van der Waals surface area contributed by atoms with Gasteiger partial charge in [-0.25, -0.2) is 9.78 Å². The number of nitrogens with zero attached hydrogens (tertiary/aromatic N) is 2. The predicted octanol–water partition coefficient (Wildman–Crippen LogP) is -0.540. The van der Waals surface area contributed by atoms with Crippen LogP contribution >= 0.6 is 0 Å². The maximum absolute atomic E-state index is 11.6. The molecule has 5 N–H and O–H groups in total. The molecule has 0 aliphatic carbocycles. The standard InChI is InChI=1S/C11H10N6O2/c12-3-5-1-2-6(13-4-5)8-14-7-9(15-8)16-11(19)17-10(7)18/h1-2,4H,3,12H2,(H3,14,15,16,17,18,19). The average Bonchev–Trinajstić information content (AvgIpc) is 2.83. The number of H-pyrrole nitrogens is 3. The van der Waals surface area contributed by atoms with Crippen LogP contribution < -0.4 is 17.0 Å². The predicted molar refractivity (Wildman–Crippen MR) is 68.5 cm³/mol. The smallest absolute Gasteiger partial charge is 0.327 e. The molecule has 0 fully saturated rings. The van der Waals surface area contributed by atoms with Crippen LogP contribution in [-0.2, 0) is 6.54 Å². The van der Waals surface area contributed by atoms with Gasteiger partial charge in [-0.05, 0) is 11.6 Å². The summed E-state index contributed by atoms with van der Waals surface area (Å²) >= 11 is 0. The molecular weight excluding hydrogens is 248 g/mol. The van der Waals surface area contributed by atoms with Gasteiger partial charge in [-0.15, -0.1) is 0 Å². The number of aromatic nitrogens is 5. The SMILES string of the molecule is NCc1ccc(-c2nc3[nH]c(=O)[nH]c(=O)c3[nH]2)nc1. The molecule has 0 bridgehead atoms. The zero-order chi connectivity index (χ0) is 13.4. The lowest BCUT2D eigenvalue weighted by molar-refractivity contribution is 1.05. The second-order valence-corrected chi connectivity index (χ2v) is 3.97. The van der Waals surface area contributed by atoms with Gasteiger partial charge in [0.25, 0.3) is 5.56 Å². The van der Waals surface area contributed by atoms with Crippen molar-refractivity contribution < 1.29 is 0 Å². The van der Waals surface area contributed by atoms with Crippen LogP contribution in [0.1, 0.15) is 5.56 Å². The van der Waals surface area contributed by atoms with Crippen LogP contribution in [0.4, 0.5) is 0 Å². The summed E-state index contributed by atoms with van der Waals surface area (Å²) < 4.78 is 0. The maximum atomic E-state index is 11.6. The molecule has 0 unspecified atom stereocenters. The highest BCUT2D eigenvalue weighted by Crippen LogP contribution is 2.14. The van der Waals surface area contributed by atoms with E-state index in [0.717, 1.165) is 5.56 Å². The third-order valence-corrected chi connectivity index (χ3v) is 2.69. The minimum Gasteiger partial charge on any atom is -0.331 e. The highest BCUT2D eigenvalue weighted by molar-refractivity contribution is 5.73. The zero-order valence-electron chi connectivity index (χ0n) is 9.73. The third-order valence-electron chi connectivity index (χ3n) is 2.69. The van der Waals surface area contributed by atoms with Gasteiger partial charge in [0, 0.05) is 12.7 Å². The molecule has 8 nitrogen and oxygen atoms in total. The summed E-state index contributed by atoms with van der Waals surface area (Å²) in [4.78, 5) is 38.4. The van der Waals surface area contributed by atoms with Gasteiger partial charge in [0.1, 0.15) is 11.2 Å². The maximum Gasteiger partial charge on any atom is 0.327 e. The third kappa shape index (κ3) is 1.93. The number of hydrogen-bond acceptors (Lipinski definition) is 5. The summed E-state index contributed by atoms with van der Waals surface area (Å²) in [6, 6.07) is 3.56. The first kappa shape index (κ1) is 11.4. The minimum atomic E-state index is -0.595. The Bertz CT molecular complexity index is 842. The summed E-state index contributed by atoms with van der Waals surface area (Å²) in [6.07, 6.45) is 1.63. The first-order chi connectivity index (χ1) is 9.17. The Morgan fingerprint density at radius 2 is 2.00 bits per heavy atom. The normalized spacial score (nSPS) is 11.0. The molecule has 0 saturated carbocycles. The van der Waals surface area contributed by atoms with Gasteiger partial charge in [0.05, 0.1) is 0 Å². The van der Waals surface area contributed by atoms with E-state index in [-0.39, 0.29) is 11.2 Å². The van der Waals surface area contributed by atoms with Gasteiger partial charge < -0.3 is 10.7 Å². The van der Waals surface area contributed by atoms with E-state index in [9.17, 15) is 9.59 Å². The van der Waals surface area contributed by atoms with Crippen molar-refractivity contribution in [3.05, 3.63) is 44.7 Å². The lowest BCUT2D eigenvalue weighted by atomic mass is 10.2. The fourth-order valence-corrected chi connectivity index (χ4v) is 1.74. The zero-order valence-corrected chi connectivity index (χ0v) is 9.73. The van der Waals surface area contributed by atoms with Crippen molar-refractivity contribution in [2.24, 2.45) is 5.73 Å². The van der Waals surface area contributed by atoms with Gasteiger partial charge in [-0.1, -0.05) is 6.07 Å². The van der Waals surface area contributed by atoms with Crippen LogP contribution in [-0.4, -0.2) is 24.9 Å². The summed E-state index contributed by atoms with van der Waals surface area (Å²) in [5, 5.41) is 0. The molecule has 8 heteroatoms. The van der Waals surface area contributed by atoms with E-state index >= 15 is 0 Å². The first-order valence-electron chi connectivity index (χ1n) is 5.55. The van der Waals surface area contributed by atoms with Gasteiger partial charge in [0.15, 0.2) is 11.5 Å². The summed E-state index contributed by atoms with van der Waals surface area (Å²) in [7, 11) is 0. The molecule has 19 heavy (non-hydrogen) atoms. The molecule has 0 spiro atoms. The molecule has 3 rings (SSSR count). The van der Waals surface area contributed by atoms with E-state index < -0.39 is 11.2 Å². The van der Waals surface area contributed by atoms with Crippen molar-refractivity contribution >= 4 is 11.2 Å². The number of rotatable bonds is 2. The molecule has 0 saturated heterocycles. The van der Waals surface area contributed by atoms with E-state index in [1.165, 1.54) is 0 Å². The van der Waals surface area contributed by atoms with Gasteiger partial charge in [-0.2, -0.15) is 0 Å². The Kier molecular flexibility index (Phi) is 2.50. The number of imidazole rings is 1. The van der Waals surface area contributed by atoms with Crippen molar-refractivity contribution in [2.45, 2.75) is 6.54 Å². The van der Waals surface area contributed by atoms with E-state index in [4.69, 9.17) is 5.73 Å². The Morgan fingerprint density at radius 1 is 1.16 bits per heavy atom.